The number of rotatable bonds is 4. The Kier molecular flexibility index (Phi) is 5.28. The fraction of sp³-hybridized carbons (Fsp3) is 0.417. The van der Waals surface area contributed by atoms with Gasteiger partial charge in [-0.15, -0.1) is 0 Å². The SMILES string of the molecule is COC(=O)[C@@H](OC(C)(C)C)c1c(C)nc2[nH]ccc2c1-c1ccc2c(c1)CCCO2. The number of carbonyl (C=O) groups excluding carboxylic acids is 1. The fourth-order valence-electron chi connectivity index (χ4n) is 4.04. The van der Waals surface area contributed by atoms with Gasteiger partial charge in [0.1, 0.15) is 11.4 Å². The summed E-state index contributed by atoms with van der Waals surface area (Å²) in [5.74, 6) is 0.491. The van der Waals surface area contributed by atoms with Crippen LogP contribution in [0.1, 0.15) is 50.1 Å². The molecule has 2 aromatic heterocycles. The Morgan fingerprint density at radius 3 is 2.80 bits per heavy atom. The van der Waals surface area contributed by atoms with Gasteiger partial charge < -0.3 is 19.2 Å². The van der Waals surface area contributed by atoms with Gasteiger partial charge in [-0.1, -0.05) is 6.07 Å². The molecule has 1 N–H and O–H groups in total. The van der Waals surface area contributed by atoms with Gasteiger partial charge in [0.25, 0.3) is 0 Å². The minimum absolute atomic E-state index is 0.438. The van der Waals surface area contributed by atoms with Crippen LogP contribution in [0.3, 0.4) is 0 Å². The number of nitrogens with one attached hydrogen (secondary N) is 1. The number of methoxy groups -OCH3 is 1. The Labute approximate surface area is 176 Å². The zero-order valence-corrected chi connectivity index (χ0v) is 18.2. The smallest absolute Gasteiger partial charge is 0.339 e. The van der Waals surface area contributed by atoms with Gasteiger partial charge in [-0.05, 0) is 69.9 Å². The van der Waals surface area contributed by atoms with E-state index in [-0.39, 0.29) is 0 Å². The van der Waals surface area contributed by atoms with Gasteiger partial charge in [-0.25, -0.2) is 9.78 Å². The molecule has 0 aliphatic carbocycles. The number of carbonyl (C=O) groups is 1. The lowest BCUT2D eigenvalue weighted by Crippen LogP contribution is -2.29. The van der Waals surface area contributed by atoms with Crippen molar-refractivity contribution in [1.29, 1.82) is 0 Å². The molecule has 3 heterocycles. The number of aromatic amines is 1. The highest BCUT2D eigenvalue weighted by molar-refractivity contribution is 5.97. The molecule has 0 spiro atoms. The largest absolute Gasteiger partial charge is 0.493 e. The third kappa shape index (κ3) is 3.79. The van der Waals surface area contributed by atoms with Crippen molar-refractivity contribution in [3.63, 3.8) is 0 Å². The van der Waals surface area contributed by atoms with Crippen LogP contribution in [-0.2, 0) is 20.7 Å². The number of H-pyrrole nitrogens is 1. The summed E-state index contributed by atoms with van der Waals surface area (Å²) in [5, 5.41) is 0.943. The second-order valence-electron chi connectivity index (χ2n) is 8.63. The molecule has 0 bridgehead atoms. The van der Waals surface area contributed by atoms with Crippen molar-refractivity contribution in [3.8, 4) is 16.9 Å². The number of nitrogens with zero attached hydrogens (tertiary/aromatic N) is 1. The van der Waals surface area contributed by atoms with Gasteiger partial charge >= 0.3 is 5.97 Å². The van der Waals surface area contributed by atoms with Crippen molar-refractivity contribution >= 4 is 17.0 Å². The number of pyridine rings is 1. The summed E-state index contributed by atoms with van der Waals surface area (Å²) in [4.78, 5) is 20.7. The lowest BCUT2D eigenvalue weighted by molar-refractivity contribution is -0.164. The van der Waals surface area contributed by atoms with Crippen LogP contribution >= 0.6 is 0 Å². The highest BCUT2D eigenvalue weighted by Gasteiger charge is 2.33. The third-order valence-electron chi connectivity index (χ3n) is 5.28. The number of fused-ring (bicyclic) bond motifs is 2. The van der Waals surface area contributed by atoms with Crippen LogP contribution in [-0.4, -0.2) is 35.3 Å². The van der Waals surface area contributed by atoms with Gasteiger partial charge in [0.05, 0.1) is 19.3 Å². The predicted octanol–water partition coefficient (Wildman–Crippen LogP) is 4.89. The molecule has 0 saturated heterocycles. The van der Waals surface area contributed by atoms with Gasteiger partial charge in [-0.3, -0.25) is 0 Å². The predicted molar refractivity (Wildman–Crippen MR) is 116 cm³/mol. The van der Waals surface area contributed by atoms with Crippen LogP contribution in [0.2, 0.25) is 0 Å². The maximum atomic E-state index is 12.8. The first kappa shape index (κ1) is 20.4. The van der Waals surface area contributed by atoms with Crippen molar-refractivity contribution in [2.45, 2.75) is 52.2 Å². The van der Waals surface area contributed by atoms with E-state index in [0.29, 0.717) is 0 Å². The molecule has 0 unspecified atom stereocenters. The summed E-state index contributed by atoms with van der Waals surface area (Å²) in [5.41, 5.74) is 4.82. The summed E-state index contributed by atoms with van der Waals surface area (Å²) in [7, 11) is 1.38. The first-order valence-corrected chi connectivity index (χ1v) is 10.3. The molecule has 6 nitrogen and oxygen atoms in total. The van der Waals surface area contributed by atoms with Crippen molar-refractivity contribution in [1.82, 2.24) is 9.97 Å². The lowest BCUT2D eigenvalue weighted by atomic mass is 9.90. The normalized spacial score (nSPS) is 14.8. The summed E-state index contributed by atoms with van der Waals surface area (Å²) in [6.07, 6.45) is 2.95. The number of hydrogen-bond donors (Lipinski definition) is 1. The number of aromatic nitrogens is 2. The van der Waals surface area contributed by atoms with Crippen molar-refractivity contribution < 1.29 is 19.0 Å². The van der Waals surface area contributed by atoms with Crippen molar-refractivity contribution in [2.24, 2.45) is 0 Å². The van der Waals surface area contributed by atoms with Crippen LogP contribution in [0.15, 0.2) is 30.5 Å². The summed E-state index contributed by atoms with van der Waals surface area (Å²) in [6.45, 7) is 8.43. The molecule has 1 aromatic carbocycles. The second-order valence-corrected chi connectivity index (χ2v) is 8.63. The van der Waals surface area contributed by atoms with Crippen LogP contribution in [0, 0.1) is 6.92 Å². The fourth-order valence-corrected chi connectivity index (χ4v) is 4.04. The highest BCUT2D eigenvalue weighted by atomic mass is 16.6. The maximum absolute atomic E-state index is 12.8. The van der Waals surface area contributed by atoms with E-state index < -0.39 is 17.7 Å². The van der Waals surface area contributed by atoms with Crippen LogP contribution in [0.4, 0.5) is 0 Å². The first-order chi connectivity index (χ1) is 14.3. The molecule has 0 radical (unpaired) electrons. The van der Waals surface area contributed by atoms with Gasteiger partial charge in [0.15, 0.2) is 6.10 Å². The molecular weight excluding hydrogens is 380 g/mol. The minimum atomic E-state index is -0.885. The van der Waals surface area contributed by atoms with Gasteiger partial charge in [0, 0.05) is 28.4 Å². The van der Waals surface area contributed by atoms with Crippen molar-refractivity contribution in [3.05, 3.63) is 47.3 Å². The summed E-state index contributed by atoms with van der Waals surface area (Å²) in [6, 6.07) is 8.20. The Bertz CT molecular complexity index is 1090. The van der Waals surface area contributed by atoms with E-state index >= 15 is 0 Å². The van der Waals surface area contributed by atoms with Crippen LogP contribution in [0.25, 0.3) is 22.2 Å². The second kappa shape index (κ2) is 7.76. The molecule has 1 atom stereocenters. The molecule has 6 heteroatoms. The van der Waals surface area contributed by atoms with E-state index in [1.54, 1.807) is 0 Å². The van der Waals surface area contributed by atoms with Crippen molar-refractivity contribution in [2.75, 3.05) is 13.7 Å². The highest BCUT2D eigenvalue weighted by Crippen LogP contribution is 2.41. The number of hydrogen-bond acceptors (Lipinski definition) is 5. The zero-order valence-electron chi connectivity index (χ0n) is 18.2. The summed E-state index contributed by atoms with van der Waals surface area (Å²) < 4.78 is 17.1. The molecule has 4 rings (SSSR count). The molecule has 0 amide bonds. The number of aryl methyl sites for hydroxylation is 2. The zero-order chi connectivity index (χ0) is 21.5. The topological polar surface area (TPSA) is 73.4 Å². The van der Waals surface area contributed by atoms with E-state index in [4.69, 9.17) is 19.2 Å². The first-order valence-electron chi connectivity index (χ1n) is 10.3. The third-order valence-corrected chi connectivity index (χ3v) is 5.28. The Balaban J connectivity index is 1.98. The van der Waals surface area contributed by atoms with E-state index in [9.17, 15) is 4.79 Å². The van der Waals surface area contributed by atoms with E-state index in [1.807, 2.05) is 52.1 Å². The summed E-state index contributed by atoms with van der Waals surface area (Å²) >= 11 is 0. The van der Waals surface area contributed by atoms with Crippen LogP contribution in [0.5, 0.6) is 5.75 Å². The minimum Gasteiger partial charge on any atom is -0.493 e. The quantitative estimate of drug-likeness (QED) is 0.622. The number of ether oxygens (including phenoxy) is 3. The maximum Gasteiger partial charge on any atom is 0.339 e. The Morgan fingerprint density at radius 2 is 2.07 bits per heavy atom. The molecular formula is C24H28N2O4. The van der Waals surface area contributed by atoms with E-state index in [0.717, 1.165) is 58.6 Å². The number of benzene rings is 1. The Morgan fingerprint density at radius 1 is 1.27 bits per heavy atom. The number of esters is 1. The average molecular weight is 408 g/mol. The monoisotopic (exact) mass is 408 g/mol. The molecule has 0 saturated carbocycles. The molecule has 158 valence electrons. The molecule has 0 fully saturated rings. The van der Waals surface area contributed by atoms with E-state index in [2.05, 4.69) is 11.1 Å². The molecule has 3 aromatic rings. The van der Waals surface area contributed by atoms with E-state index in [1.165, 1.54) is 12.7 Å². The van der Waals surface area contributed by atoms with Gasteiger partial charge in [0.2, 0.25) is 0 Å². The lowest BCUT2D eigenvalue weighted by Gasteiger charge is -2.29. The molecule has 30 heavy (non-hydrogen) atoms. The Hall–Kier alpha value is -2.86. The molecule has 1 aliphatic rings. The molecule has 1 aliphatic heterocycles. The average Bonchev–Trinajstić information content (AvgIpc) is 3.17. The standard InChI is InChI=1S/C24H28N2O4/c1-14-19(21(23(27)28-5)30-24(2,3)4)20(17-10-11-25-22(17)26-14)16-8-9-18-15(13-16)7-6-12-29-18/h8-11,13,21H,6-7,12H2,1-5H3,(H,25,26)/t21-/m0/s1. The van der Waals surface area contributed by atoms with Crippen LogP contribution < -0.4 is 4.74 Å². The van der Waals surface area contributed by atoms with Gasteiger partial charge in [-0.2, -0.15) is 0 Å².